The van der Waals surface area contributed by atoms with Gasteiger partial charge in [-0.05, 0) is 45.2 Å². The van der Waals surface area contributed by atoms with Gasteiger partial charge in [-0.25, -0.2) is 9.78 Å². The van der Waals surface area contributed by atoms with Crippen LogP contribution in [-0.4, -0.2) is 43.6 Å². The molecule has 1 atom stereocenters. The number of amides is 1. The van der Waals surface area contributed by atoms with Crippen LogP contribution in [0.25, 0.3) is 0 Å². The van der Waals surface area contributed by atoms with Crippen LogP contribution in [0.2, 0.25) is 0 Å². The van der Waals surface area contributed by atoms with Gasteiger partial charge in [0.15, 0.2) is 0 Å². The van der Waals surface area contributed by atoms with Crippen LogP contribution in [0.4, 0.5) is 0 Å². The fraction of sp³-hybridized carbons (Fsp3) is 0.556. The maximum atomic E-state index is 12.5. The molecule has 1 N–H and O–H groups in total. The predicted octanol–water partition coefficient (Wildman–Crippen LogP) is 1.77. The van der Waals surface area contributed by atoms with Crippen LogP contribution >= 0.6 is 0 Å². The molecule has 0 aliphatic carbocycles. The van der Waals surface area contributed by atoms with Gasteiger partial charge in [-0.2, -0.15) is 5.10 Å². The van der Waals surface area contributed by atoms with Crippen LogP contribution in [-0.2, 0) is 11.3 Å². The Morgan fingerprint density at radius 2 is 2.24 bits per heavy atom. The van der Waals surface area contributed by atoms with Crippen molar-refractivity contribution in [1.82, 2.24) is 24.6 Å². The zero-order valence-electron chi connectivity index (χ0n) is 14.9. The molecule has 1 aliphatic heterocycles. The Morgan fingerprint density at radius 3 is 2.96 bits per heavy atom. The number of piperidine rings is 1. The minimum Gasteiger partial charge on any atom is -0.342 e. The lowest BCUT2D eigenvalue weighted by Gasteiger charge is -2.32. The number of likely N-dealkylation sites (tertiary alicyclic amines) is 1. The molecule has 1 amide bonds. The Balaban J connectivity index is 1.53. The van der Waals surface area contributed by atoms with Crippen molar-refractivity contribution in [3.8, 4) is 0 Å². The van der Waals surface area contributed by atoms with E-state index in [0.29, 0.717) is 13.0 Å². The van der Waals surface area contributed by atoms with Crippen molar-refractivity contribution in [1.29, 1.82) is 0 Å². The Morgan fingerprint density at radius 1 is 1.40 bits per heavy atom. The van der Waals surface area contributed by atoms with E-state index in [0.717, 1.165) is 49.4 Å². The second-order valence-electron chi connectivity index (χ2n) is 6.76. The van der Waals surface area contributed by atoms with Crippen molar-refractivity contribution in [2.24, 2.45) is 0 Å². The van der Waals surface area contributed by atoms with Gasteiger partial charge in [0.2, 0.25) is 5.91 Å². The summed E-state index contributed by atoms with van der Waals surface area (Å²) in [5, 5.41) is 4.43. The molecule has 2 aromatic rings. The first-order valence-corrected chi connectivity index (χ1v) is 8.87. The van der Waals surface area contributed by atoms with Gasteiger partial charge in [-0.15, -0.1) is 0 Å². The molecule has 7 heteroatoms. The Hall–Kier alpha value is -2.44. The average molecular weight is 343 g/mol. The van der Waals surface area contributed by atoms with Crippen molar-refractivity contribution in [3.63, 3.8) is 0 Å². The Kier molecular flexibility index (Phi) is 5.31. The smallest absolute Gasteiger partial charge is 0.342 e. The van der Waals surface area contributed by atoms with Gasteiger partial charge >= 0.3 is 5.69 Å². The first-order valence-electron chi connectivity index (χ1n) is 8.87. The topological polar surface area (TPSA) is 83.9 Å². The van der Waals surface area contributed by atoms with Crippen LogP contribution < -0.4 is 5.69 Å². The molecule has 1 fully saturated rings. The number of nitrogens with zero attached hydrogens (tertiary/aromatic N) is 4. The molecule has 0 aromatic carbocycles. The van der Waals surface area contributed by atoms with Gasteiger partial charge in [-0.1, -0.05) is 0 Å². The zero-order valence-corrected chi connectivity index (χ0v) is 14.9. The number of aryl methyl sites for hydroxylation is 3. The third-order valence-electron chi connectivity index (χ3n) is 4.77. The summed E-state index contributed by atoms with van der Waals surface area (Å²) in [4.78, 5) is 32.3. The quantitative estimate of drug-likeness (QED) is 0.897. The van der Waals surface area contributed by atoms with Gasteiger partial charge in [-0.3, -0.25) is 9.48 Å². The minimum absolute atomic E-state index is 0.183. The minimum atomic E-state index is -0.328. The third kappa shape index (κ3) is 4.35. The van der Waals surface area contributed by atoms with E-state index in [9.17, 15) is 9.59 Å². The molecular weight excluding hydrogens is 318 g/mol. The van der Waals surface area contributed by atoms with E-state index in [4.69, 9.17) is 0 Å². The van der Waals surface area contributed by atoms with Crippen molar-refractivity contribution in [2.75, 3.05) is 13.1 Å². The number of H-pyrrole nitrogens is 1. The lowest BCUT2D eigenvalue weighted by atomic mass is 9.94. The number of aromatic nitrogens is 4. The Bertz CT molecular complexity index is 795. The van der Waals surface area contributed by atoms with Crippen LogP contribution in [0.3, 0.4) is 0 Å². The summed E-state index contributed by atoms with van der Waals surface area (Å²) in [6.07, 6.45) is 4.78. The summed E-state index contributed by atoms with van der Waals surface area (Å²) in [5.74, 6) is 0.368. The second kappa shape index (κ2) is 7.63. The number of hydrogen-bond donors (Lipinski definition) is 1. The lowest BCUT2D eigenvalue weighted by molar-refractivity contribution is -0.132. The van der Waals surface area contributed by atoms with Crippen LogP contribution in [0.1, 0.15) is 48.7 Å². The molecule has 3 heterocycles. The number of carbonyl (C=O) groups is 1. The Labute approximate surface area is 147 Å². The van der Waals surface area contributed by atoms with Crippen molar-refractivity contribution in [3.05, 3.63) is 45.9 Å². The number of hydrogen-bond acceptors (Lipinski definition) is 4. The molecule has 3 rings (SSSR count). The van der Waals surface area contributed by atoms with Gasteiger partial charge in [0.1, 0.15) is 0 Å². The van der Waals surface area contributed by atoms with Crippen molar-refractivity contribution >= 4 is 5.91 Å². The largest absolute Gasteiger partial charge is 0.345 e. The standard InChI is InChI=1S/C18H25N5O2/c1-13-11-14(2)23(21-13)10-4-6-17(24)22-9-3-5-15(12-22)16-7-8-19-18(25)20-16/h7-8,11,15H,3-6,9-10,12H2,1-2H3,(H,19,20,25)/t15-/m1/s1. The molecular formula is C18H25N5O2. The fourth-order valence-corrected chi connectivity index (χ4v) is 3.52. The van der Waals surface area contributed by atoms with Gasteiger partial charge in [0.05, 0.1) is 5.69 Å². The van der Waals surface area contributed by atoms with Crippen LogP contribution in [0, 0.1) is 13.8 Å². The summed E-state index contributed by atoms with van der Waals surface area (Å²) in [5.41, 5.74) is 2.68. The SMILES string of the molecule is Cc1cc(C)n(CCCC(=O)N2CCC[C@@H](c3ccnc(=O)[nH]3)C2)n1. The molecule has 1 aliphatic rings. The molecule has 7 nitrogen and oxygen atoms in total. The van der Waals surface area contributed by atoms with E-state index in [1.807, 2.05) is 35.6 Å². The highest BCUT2D eigenvalue weighted by atomic mass is 16.2. The summed E-state index contributed by atoms with van der Waals surface area (Å²) in [7, 11) is 0. The summed E-state index contributed by atoms with van der Waals surface area (Å²) in [6.45, 7) is 6.24. The van der Waals surface area contributed by atoms with E-state index in [1.54, 1.807) is 0 Å². The number of aromatic amines is 1. The molecule has 0 saturated carbocycles. The van der Waals surface area contributed by atoms with Crippen molar-refractivity contribution in [2.45, 2.75) is 52.0 Å². The highest BCUT2D eigenvalue weighted by Crippen LogP contribution is 2.25. The first-order chi connectivity index (χ1) is 12.0. The number of carbonyl (C=O) groups excluding carboxylic acids is 1. The fourth-order valence-electron chi connectivity index (χ4n) is 3.52. The third-order valence-corrected chi connectivity index (χ3v) is 4.77. The predicted molar refractivity (Wildman–Crippen MR) is 94.3 cm³/mol. The monoisotopic (exact) mass is 343 g/mol. The normalized spacial score (nSPS) is 17.7. The van der Waals surface area contributed by atoms with Crippen LogP contribution in [0.15, 0.2) is 23.1 Å². The van der Waals surface area contributed by atoms with Gasteiger partial charge in [0, 0.05) is 49.6 Å². The number of nitrogens with one attached hydrogen (secondary N) is 1. The first kappa shape index (κ1) is 17.4. The van der Waals surface area contributed by atoms with Crippen molar-refractivity contribution < 1.29 is 4.79 Å². The van der Waals surface area contributed by atoms with E-state index >= 15 is 0 Å². The summed E-state index contributed by atoms with van der Waals surface area (Å²) in [6, 6.07) is 3.88. The molecule has 25 heavy (non-hydrogen) atoms. The molecule has 0 spiro atoms. The molecule has 0 radical (unpaired) electrons. The average Bonchev–Trinajstić information content (AvgIpc) is 2.92. The van der Waals surface area contributed by atoms with Gasteiger partial charge in [0.25, 0.3) is 0 Å². The highest BCUT2D eigenvalue weighted by Gasteiger charge is 2.25. The molecule has 0 unspecified atom stereocenters. The van der Waals surface area contributed by atoms with E-state index in [-0.39, 0.29) is 17.5 Å². The molecule has 0 bridgehead atoms. The molecule has 1 saturated heterocycles. The van der Waals surface area contributed by atoms with Gasteiger partial charge < -0.3 is 9.88 Å². The maximum absolute atomic E-state index is 12.5. The van der Waals surface area contributed by atoms with E-state index < -0.39 is 0 Å². The summed E-state index contributed by atoms with van der Waals surface area (Å²) >= 11 is 0. The molecule has 134 valence electrons. The lowest BCUT2D eigenvalue weighted by Crippen LogP contribution is -2.39. The van der Waals surface area contributed by atoms with Crippen LogP contribution in [0.5, 0.6) is 0 Å². The summed E-state index contributed by atoms with van der Waals surface area (Å²) < 4.78 is 1.96. The van der Waals surface area contributed by atoms with E-state index in [1.165, 1.54) is 6.20 Å². The van der Waals surface area contributed by atoms with E-state index in [2.05, 4.69) is 15.1 Å². The number of rotatable bonds is 5. The second-order valence-corrected chi connectivity index (χ2v) is 6.76. The molecule has 2 aromatic heterocycles. The zero-order chi connectivity index (χ0) is 17.8. The maximum Gasteiger partial charge on any atom is 0.345 e. The highest BCUT2D eigenvalue weighted by molar-refractivity contribution is 5.76.